The number of aryl methyl sites for hydroxylation is 2. The normalized spacial score (nSPS) is 16.7. The summed E-state index contributed by atoms with van der Waals surface area (Å²) in [6, 6.07) is 10.8. The third kappa shape index (κ3) is 3.21. The molecule has 0 radical (unpaired) electrons. The molecule has 0 aliphatic carbocycles. The molecule has 0 N–H and O–H groups in total. The first-order chi connectivity index (χ1) is 10.5. The van der Waals surface area contributed by atoms with Crippen LogP contribution < -0.4 is 4.52 Å². The molecule has 2 aromatic rings. The fraction of sp³-hybridized carbons (Fsp3) is 0.250. The monoisotopic (exact) mass is 338 g/mol. The fourth-order valence-electron chi connectivity index (χ4n) is 2.23. The van der Waals surface area contributed by atoms with E-state index in [9.17, 15) is 4.57 Å². The van der Waals surface area contributed by atoms with E-state index in [0.717, 1.165) is 22.3 Å². The van der Waals surface area contributed by atoms with E-state index in [4.69, 9.17) is 25.2 Å². The predicted molar refractivity (Wildman–Crippen MR) is 85.2 cm³/mol. The minimum Gasteiger partial charge on any atom is -0.402 e. The second-order valence-electron chi connectivity index (χ2n) is 5.22. The lowest BCUT2D eigenvalue weighted by molar-refractivity contribution is 0.155. The van der Waals surface area contributed by atoms with E-state index in [1.165, 1.54) is 0 Å². The highest BCUT2D eigenvalue weighted by Gasteiger charge is 2.32. The Morgan fingerprint density at radius 1 is 1.05 bits per heavy atom. The SMILES string of the molecule is Cc1cc2c(cc1C)COP(=O)(Oc1ccccc1Cl)OC2. The van der Waals surface area contributed by atoms with Crippen LogP contribution in [0.1, 0.15) is 22.3 Å². The lowest BCUT2D eigenvalue weighted by Crippen LogP contribution is -1.99. The largest absolute Gasteiger partial charge is 0.530 e. The molecule has 22 heavy (non-hydrogen) atoms. The zero-order valence-electron chi connectivity index (χ0n) is 12.3. The van der Waals surface area contributed by atoms with Crippen LogP contribution in [-0.2, 0) is 26.8 Å². The van der Waals surface area contributed by atoms with Crippen LogP contribution in [0.2, 0.25) is 5.02 Å². The molecule has 116 valence electrons. The molecule has 0 unspecified atom stereocenters. The summed E-state index contributed by atoms with van der Waals surface area (Å²) in [6.45, 7) is 4.42. The van der Waals surface area contributed by atoms with Crippen molar-refractivity contribution >= 4 is 19.4 Å². The lowest BCUT2D eigenvalue weighted by Gasteiger charge is -2.16. The van der Waals surface area contributed by atoms with E-state index in [1.54, 1.807) is 24.3 Å². The number of hydrogen-bond donors (Lipinski definition) is 0. The zero-order chi connectivity index (χ0) is 15.7. The molecule has 6 heteroatoms. The molecule has 0 spiro atoms. The van der Waals surface area contributed by atoms with Crippen LogP contribution >= 0.6 is 19.4 Å². The molecule has 1 heterocycles. The van der Waals surface area contributed by atoms with Gasteiger partial charge >= 0.3 is 7.82 Å². The summed E-state index contributed by atoms with van der Waals surface area (Å²) in [4.78, 5) is 0. The number of rotatable bonds is 2. The first-order valence-corrected chi connectivity index (χ1v) is 8.73. The Bertz CT molecular complexity index is 723. The summed E-state index contributed by atoms with van der Waals surface area (Å²) in [5, 5.41) is 0.360. The van der Waals surface area contributed by atoms with Gasteiger partial charge in [-0.1, -0.05) is 35.9 Å². The Labute approximate surface area is 134 Å². The maximum absolute atomic E-state index is 12.7. The summed E-state index contributed by atoms with van der Waals surface area (Å²) in [6.07, 6.45) is 0. The van der Waals surface area contributed by atoms with Crippen molar-refractivity contribution in [1.29, 1.82) is 0 Å². The molecule has 0 aromatic heterocycles. The van der Waals surface area contributed by atoms with Gasteiger partial charge in [-0.15, -0.1) is 0 Å². The molecule has 4 nitrogen and oxygen atoms in total. The Kier molecular flexibility index (Phi) is 4.28. The molecule has 0 fully saturated rings. The average molecular weight is 339 g/mol. The van der Waals surface area contributed by atoms with E-state index in [0.29, 0.717) is 5.02 Å². The highest BCUT2D eigenvalue weighted by Crippen LogP contribution is 2.53. The van der Waals surface area contributed by atoms with E-state index in [-0.39, 0.29) is 19.0 Å². The topological polar surface area (TPSA) is 44.8 Å². The molecule has 2 aromatic carbocycles. The first kappa shape index (κ1) is 15.6. The van der Waals surface area contributed by atoms with E-state index in [1.807, 2.05) is 26.0 Å². The highest BCUT2D eigenvalue weighted by atomic mass is 35.5. The van der Waals surface area contributed by atoms with Crippen molar-refractivity contribution in [3.05, 3.63) is 63.7 Å². The maximum atomic E-state index is 12.7. The number of phosphoric acid groups is 1. The summed E-state index contributed by atoms with van der Waals surface area (Å²) in [7, 11) is -3.70. The Morgan fingerprint density at radius 3 is 2.14 bits per heavy atom. The fourth-order valence-corrected chi connectivity index (χ4v) is 3.63. The van der Waals surface area contributed by atoms with Gasteiger partial charge in [-0.25, -0.2) is 4.57 Å². The van der Waals surface area contributed by atoms with Crippen LogP contribution in [0.4, 0.5) is 0 Å². The van der Waals surface area contributed by atoms with Crippen molar-refractivity contribution in [2.75, 3.05) is 0 Å². The average Bonchev–Trinajstić information content (AvgIpc) is 2.63. The minimum atomic E-state index is -3.70. The predicted octanol–water partition coefficient (Wildman–Crippen LogP) is 5.19. The van der Waals surface area contributed by atoms with Crippen molar-refractivity contribution in [3.8, 4) is 5.75 Å². The summed E-state index contributed by atoms with van der Waals surface area (Å²) >= 11 is 6.02. The molecular formula is C16H16ClO4P. The maximum Gasteiger partial charge on any atom is 0.530 e. The summed E-state index contributed by atoms with van der Waals surface area (Å²) < 4.78 is 29.0. The minimum absolute atomic E-state index is 0.179. The molecule has 0 saturated carbocycles. The van der Waals surface area contributed by atoms with Gasteiger partial charge in [0.2, 0.25) is 0 Å². The van der Waals surface area contributed by atoms with Crippen molar-refractivity contribution < 1.29 is 18.1 Å². The quantitative estimate of drug-likeness (QED) is 0.707. The smallest absolute Gasteiger partial charge is 0.402 e. The molecule has 1 aliphatic heterocycles. The molecule has 3 rings (SSSR count). The van der Waals surface area contributed by atoms with Gasteiger partial charge in [-0.05, 0) is 48.2 Å². The van der Waals surface area contributed by atoms with E-state index >= 15 is 0 Å². The number of halogens is 1. The third-order valence-electron chi connectivity index (χ3n) is 3.62. The van der Waals surface area contributed by atoms with Crippen molar-refractivity contribution in [2.24, 2.45) is 0 Å². The van der Waals surface area contributed by atoms with Gasteiger partial charge in [0, 0.05) is 0 Å². The lowest BCUT2D eigenvalue weighted by atomic mass is 10.0. The van der Waals surface area contributed by atoms with Gasteiger partial charge in [0.1, 0.15) is 5.75 Å². The Morgan fingerprint density at radius 2 is 1.59 bits per heavy atom. The van der Waals surface area contributed by atoms with E-state index in [2.05, 4.69) is 0 Å². The number of phosphoric ester groups is 1. The molecule has 0 saturated heterocycles. The van der Waals surface area contributed by atoms with Crippen LogP contribution in [-0.4, -0.2) is 0 Å². The van der Waals surface area contributed by atoms with Crippen LogP contribution in [0.25, 0.3) is 0 Å². The number of hydrogen-bond acceptors (Lipinski definition) is 4. The van der Waals surface area contributed by atoms with Crippen molar-refractivity contribution in [3.63, 3.8) is 0 Å². The Balaban J connectivity index is 1.84. The molecule has 0 bridgehead atoms. The van der Waals surface area contributed by atoms with E-state index < -0.39 is 7.82 Å². The molecule has 0 atom stereocenters. The van der Waals surface area contributed by atoms with Crippen molar-refractivity contribution in [2.45, 2.75) is 27.1 Å². The molecule has 1 aliphatic rings. The van der Waals surface area contributed by atoms with Crippen LogP contribution in [0.5, 0.6) is 5.75 Å². The van der Waals surface area contributed by atoms with Gasteiger partial charge < -0.3 is 4.52 Å². The summed E-state index contributed by atoms with van der Waals surface area (Å²) in [5.74, 6) is 0.283. The van der Waals surface area contributed by atoms with Gasteiger partial charge in [0.15, 0.2) is 0 Å². The highest BCUT2D eigenvalue weighted by molar-refractivity contribution is 7.48. The van der Waals surface area contributed by atoms with Crippen LogP contribution in [0.15, 0.2) is 36.4 Å². The molecular weight excluding hydrogens is 323 g/mol. The van der Waals surface area contributed by atoms with Gasteiger partial charge in [-0.2, -0.15) is 0 Å². The second-order valence-corrected chi connectivity index (χ2v) is 7.22. The zero-order valence-corrected chi connectivity index (χ0v) is 14.0. The number of benzene rings is 2. The van der Waals surface area contributed by atoms with Crippen LogP contribution in [0.3, 0.4) is 0 Å². The first-order valence-electron chi connectivity index (χ1n) is 6.89. The summed E-state index contributed by atoms with van der Waals surface area (Å²) in [5.41, 5.74) is 4.24. The van der Waals surface area contributed by atoms with Gasteiger partial charge in [0.05, 0.1) is 18.2 Å². The van der Waals surface area contributed by atoms with Crippen molar-refractivity contribution in [1.82, 2.24) is 0 Å². The number of fused-ring (bicyclic) bond motifs is 1. The standard InChI is InChI=1S/C16H16ClO4P/c1-11-7-13-9-19-22(18,20-10-14(13)8-12(11)2)21-16-6-4-3-5-15(16)17/h3-8H,9-10H2,1-2H3. The number of para-hydroxylation sites is 1. The molecule has 0 amide bonds. The van der Waals surface area contributed by atoms with Gasteiger partial charge in [0.25, 0.3) is 0 Å². The van der Waals surface area contributed by atoms with Gasteiger partial charge in [-0.3, -0.25) is 9.05 Å². The third-order valence-corrected chi connectivity index (χ3v) is 5.24. The second kappa shape index (κ2) is 6.05. The Hall–Kier alpha value is -1.32. The van der Waals surface area contributed by atoms with Crippen LogP contribution in [0, 0.1) is 13.8 Å².